The van der Waals surface area contributed by atoms with Crippen molar-refractivity contribution in [2.75, 3.05) is 24.5 Å². The average Bonchev–Trinajstić information content (AvgIpc) is 2.36. The summed E-state index contributed by atoms with van der Waals surface area (Å²) in [6.45, 7) is 8.41. The molecular formula is C12H21N5O. The van der Waals surface area contributed by atoms with Crippen molar-refractivity contribution in [3.63, 3.8) is 0 Å². The number of hydrogen-bond acceptors (Lipinski definition) is 5. The van der Waals surface area contributed by atoms with E-state index in [9.17, 15) is 4.79 Å². The van der Waals surface area contributed by atoms with Crippen LogP contribution in [0, 0.1) is 5.41 Å². The molecule has 1 aromatic rings. The highest BCUT2D eigenvalue weighted by molar-refractivity contribution is 5.90. The third kappa shape index (κ3) is 3.66. The second-order valence-electron chi connectivity index (χ2n) is 5.02. The average molecular weight is 251 g/mol. The first kappa shape index (κ1) is 14.4. The van der Waals surface area contributed by atoms with Crippen molar-refractivity contribution >= 4 is 11.7 Å². The fourth-order valence-corrected chi connectivity index (χ4v) is 1.56. The molecule has 1 amide bonds. The lowest BCUT2D eigenvalue weighted by molar-refractivity contribution is 0.0994. The summed E-state index contributed by atoms with van der Waals surface area (Å²) in [5.41, 5.74) is 11.0. The zero-order chi connectivity index (χ0) is 13.8. The van der Waals surface area contributed by atoms with Gasteiger partial charge in [0.25, 0.3) is 5.91 Å². The van der Waals surface area contributed by atoms with Crippen molar-refractivity contribution < 1.29 is 4.79 Å². The Balaban J connectivity index is 2.86. The van der Waals surface area contributed by atoms with Gasteiger partial charge in [-0.05, 0) is 31.0 Å². The Morgan fingerprint density at radius 1 is 1.39 bits per heavy atom. The maximum absolute atomic E-state index is 10.9. The topological polar surface area (TPSA) is 98.1 Å². The van der Waals surface area contributed by atoms with Gasteiger partial charge >= 0.3 is 0 Å². The first-order valence-electron chi connectivity index (χ1n) is 5.98. The molecule has 0 saturated carbocycles. The van der Waals surface area contributed by atoms with E-state index in [1.165, 1.54) is 0 Å². The molecule has 1 heterocycles. The van der Waals surface area contributed by atoms with Crippen LogP contribution in [0.5, 0.6) is 0 Å². The molecule has 100 valence electrons. The van der Waals surface area contributed by atoms with Gasteiger partial charge in [-0.3, -0.25) is 4.79 Å². The van der Waals surface area contributed by atoms with Gasteiger partial charge in [0.1, 0.15) is 0 Å². The molecule has 18 heavy (non-hydrogen) atoms. The number of anilines is 1. The molecule has 1 rings (SSSR count). The van der Waals surface area contributed by atoms with Crippen LogP contribution in [0.15, 0.2) is 12.1 Å². The fourth-order valence-electron chi connectivity index (χ4n) is 1.56. The zero-order valence-corrected chi connectivity index (χ0v) is 11.2. The van der Waals surface area contributed by atoms with Crippen molar-refractivity contribution in [1.82, 2.24) is 10.2 Å². The van der Waals surface area contributed by atoms with Gasteiger partial charge in [-0.15, -0.1) is 10.2 Å². The van der Waals surface area contributed by atoms with E-state index in [2.05, 4.69) is 28.9 Å². The van der Waals surface area contributed by atoms with E-state index in [0.29, 0.717) is 6.54 Å². The first-order chi connectivity index (χ1) is 8.39. The highest BCUT2D eigenvalue weighted by Crippen LogP contribution is 2.19. The molecule has 0 spiro atoms. The molecule has 6 heteroatoms. The van der Waals surface area contributed by atoms with E-state index in [1.54, 1.807) is 12.1 Å². The van der Waals surface area contributed by atoms with E-state index >= 15 is 0 Å². The van der Waals surface area contributed by atoms with Gasteiger partial charge in [0, 0.05) is 13.1 Å². The summed E-state index contributed by atoms with van der Waals surface area (Å²) in [5.74, 6) is 0.156. The SMILES string of the molecule is CCN(CC(C)(C)CN)c1ccc(C(N)=O)nn1. The summed E-state index contributed by atoms with van der Waals surface area (Å²) in [7, 11) is 0. The van der Waals surface area contributed by atoms with Crippen molar-refractivity contribution in [1.29, 1.82) is 0 Å². The van der Waals surface area contributed by atoms with Gasteiger partial charge in [0.05, 0.1) is 0 Å². The molecule has 6 nitrogen and oxygen atoms in total. The van der Waals surface area contributed by atoms with Crippen LogP contribution in [0.2, 0.25) is 0 Å². The van der Waals surface area contributed by atoms with E-state index in [4.69, 9.17) is 11.5 Å². The van der Waals surface area contributed by atoms with Gasteiger partial charge in [-0.25, -0.2) is 0 Å². The molecule has 0 aliphatic heterocycles. The largest absolute Gasteiger partial charge is 0.364 e. The lowest BCUT2D eigenvalue weighted by Crippen LogP contribution is -2.39. The molecule has 1 aromatic heterocycles. The number of primary amides is 1. The number of nitrogens with two attached hydrogens (primary N) is 2. The Kier molecular flexibility index (Phi) is 4.61. The standard InChI is InChI=1S/C12H21N5O/c1-4-17(8-12(2,3)7-13)10-6-5-9(11(14)18)15-16-10/h5-6H,4,7-8,13H2,1-3H3,(H2,14,18). The summed E-state index contributed by atoms with van der Waals surface area (Å²) in [4.78, 5) is 13.0. The number of carbonyl (C=O) groups is 1. The molecular weight excluding hydrogens is 230 g/mol. The molecule has 0 saturated heterocycles. The monoisotopic (exact) mass is 251 g/mol. The van der Waals surface area contributed by atoms with Crippen LogP contribution in [0.25, 0.3) is 0 Å². The van der Waals surface area contributed by atoms with Gasteiger partial charge in [-0.1, -0.05) is 13.8 Å². The van der Waals surface area contributed by atoms with Gasteiger partial charge in [0.15, 0.2) is 11.5 Å². The quantitative estimate of drug-likeness (QED) is 0.762. The molecule has 0 aliphatic rings. The van der Waals surface area contributed by atoms with E-state index in [1.807, 2.05) is 6.92 Å². The summed E-state index contributed by atoms with van der Waals surface area (Å²) >= 11 is 0. The molecule has 0 aromatic carbocycles. The van der Waals surface area contributed by atoms with Crippen molar-refractivity contribution in [2.45, 2.75) is 20.8 Å². The van der Waals surface area contributed by atoms with E-state index in [-0.39, 0.29) is 11.1 Å². The number of carbonyl (C=O) groups excluding carboxylic acids is 1. The maximum atomic E-state index is 10.9. The van der Waals surface area contributed by atoms with Crippen LogP contribution in [-0.2, 0) is 0 Å². The number of amides is 1. The lowest BCUT2D eigenvalue weighted by atomic mass is 9.93. The third-order valence-electron chi connectivity index (χ3n) is 2.78. The molecule has 0 bridgehead atoms. The molecule has 0 atom stereocenters. The Bertz CT molecular complexity index is 401. The van der Waals surface area contributed by atoms with Crippen molar-refractivity contribution in [3.8, 4) is 0 Å². The third-order valence-corrected chi connectivity index (χ3v) is 2.78. The van der Waals surface area contributed by atoms with Crippen LogP contribution in [0.4, 0.5) is 5.82 Å². The fraction of sp³-hybridized carbons (Fsp3) is 0.583. The van der Waals surface area contributed by atoms with Crippen LogP contribution < -0.4 is 16.4 Å². The minimum atomic E-state index is -0.570. The van der Waals surface area contributed by atoms with Crippen LogP contribution in [-0.4, -0.2) is 35.7 Å². The second kappa shape index (κ2) is 5.77. The molecule has 0 fully saturated rings. The summed E-state index contributed by atoms with van der Waals surface area (Å²) in [6.07, 6.45) is 0. The second-order valence-corrected chi connectivity index (χ2v) is 5.02. The van der Waals surface area contributed by atoms with Crippen LogP contribution >= 0.6 is 0 Å². The van der Waals surface area contributed by atoms with Gasteiger partial charge in [0.2, 0.25) is 0 Å². The highest BCUT2D eigenvalue weighted by atomic mass is 16.1. The van der Waals surface area contributed by atoms with E-state index < -0.39 is 5.91 Å². The smallest absolute Gasteiger partial charge is 0.269 e. The predicted octanol–water partition coefficient (Wildman–Crippen LogP) is 0.387. The summed E-state index contributed by atoms with van der Waals surface area (Å²) in [6, 6.07) is 3.34. The number of nitrogens with zero attached hydrogens (tertiary/aromatic N) is 3. The van der Waals surface area contributed by atoms with E-state index in [0.717, 1.165) is 18.9 Å². The lowest BCUT2D eigenvalue weighted by Gasteiger charge is -2.31. The zero-order valence-electron chi connectivity index (χ0n) is 11.2. The Hall–Kier alpha value is -1.69. The van der Waals surface area contributed by atoms with Crippen molar-refractivity contribution in [2.24, 2.45) is 16.9 Å². The minimum absolute atomic E-state index is 0.0000479. The Morgan fingerprint density at radius 3 is 2.44 bits per heavy atom. The molecule has 0 unspecified atom stereocenters. The van der Waals surface area contributed by atoms with Crippen molar-refractivity contribution in [3.05, 3.63) is 17.8 Å². The summed E-state index contributed by atoms with van der Waals surface area (Å²) < 4.78 is 0. The van der Waals surface area contributed by atoms with Gasteiger partial charge in [-0.2, -0.15) is 0 Å². The molecule has 0 radical (unpaired) electrons. The van der Waals surface area contributed by atoms with Crippen LogP contribution in [0.3, 0.4) is 0 Å². The Morgan fingerprint density at radius 2 is 2.06 bits per heavy atom. The summed E-state index contributed by atoms with van der Waals surface area (Å²) in [5, 5.41) is 7.83. The highest BCUT2D eigenvalue weighted by Gasteiger charge is 2.20. The van der Waals surface area contributed by atoms with Gasteiger partial charge < -0.3 is 16.4 Å². The number of hydrogen-bond donors (Lipinski definition) is 2. The number of aromatic nitrogens is 2. The minimum Gasteiger partial charge on any atom is -0.364 e. The maximum Gasteiger partial charge on any atom is 0.269 e. The van der Waals surface area contributed by atoms with Crippen LogP contribution in [0.1, 0.15) is 31.3 Å². The number of rotatable bonds is 6. The first-order valence-corrected chi connectivity index (χ1v) is 5.98. The normalized spacial score (nSPS) is 11.3. The molecule has 0 aliphatic carbocycles. The predicted molar refractivity (Wildman–Crippen MR) is 71.3 cm³/mol. The Labute approximate surface area is 107 Å². The molecule has 4 N–H and O–H groups in total.